The summed E-state index contributed by atoms with van der Waals surface area (Å²) in [5.41, 5.74) is 0. The van der Waals surface area contributed by atoms with Crippen molar-refractivity contribution in [2.24, 2.45) is 5.92 Å². The summed E-state index contributed by atoms with van der Waals surface area (Å²) in [6.07, 6.45) is 1.67. The van der Waals surface area contributed by atoms with Crippen LogP contribution in [0.4, 0.5) is 0 Å². The maximum atomic E-state index is 9.00. The second-order valence-electron chi connectivity index (χ2n) is 2.16. The Balaban J connectivity index is 2.22. The van der Waals surface area contributed by atoms with Gasteiger partial charge in [0, 0.05) is 0 Å². The summed E-state index contributed by atoms with van der Waals surface area (Å²) in [6, 6.07) is 0. The minimum absolute atomic E-state index is 0.384. The van der Waals surface area contributed by atoms with Gasteiger partial charge in [0.05, 0.1) is 6.10 Å². The summed E-state index contributed by atoms with van der Waals surface area (Å²) < 4.78 is 0. The Hall–Kier alpha value is 0.540. The highest BCUT2D eigenvalue weighted by atomic mass is 35.5. The minimum atomic E-state index is -0.595. The fraction of sp³-hybridized carbons (Fsp3) is 1.00. The molecular formula is C5H8Cl2O. The SMILES string of the molecule is OC(C(Cl)Cl)C1CC1. The maximum absolute atomic E-state index is 9.00. The molecule has 1 saturated carbocycles. The van der Waals surface area contributed by atoms with Crippen LogP contribution < -0.4 is 0 Å². The van der Waals surface area contributed by atoms with Crippen molar-refractivity contribution in [2.45, 2.75) is 23.8 Å². The number of halogens is 2. The molecule has 0 aromatic rings. The molecule has 1 unspecified atom stereocenters. The fourth-order valence-electron chi connectivity index (χ4n) is 0.643. The van der Waals surface area contributed by atoms with Crippen LogP contribution in [0.25, 0.3) is 0 Å². The molecule has 1 aliphatic rings. The van der Waals surface area contributed by atoms with Gasteiger partial charge < -0.3 is 5.11 Å². The summed E-state index contributed by atoms with van der Waals surface area (Å²) in [4.78, 5) is -0.595. The predicted octanol–water partition coefficient (Wildman–Crippen LogP) is 1.56. The molecule has 0 aromatic carbocycles. The van der Waals surface area contributed by atoms with Gasteiger partial charge in [0.2, 0.25) is 0 Å². The molecule has 1 aliphatic carbocycles. The van der Waals surface area contributed by atoms with Gasteiger partial charge >= 0.3 is 0 Å². The first-order chi connectivity index (χ1) is 3.72. The van der Waals surface area contributed by atoms with E-state index in [9.17, 15) is 0 Å². The normalized spacial score (nSPS) is 24.0. The monoisotopic (exact) mass is 154 g/mol. The number of aliphatic hydroxyl groups excluding tert-OH is 1. The van der Waals surface area contributed by atoms with E-state index in [4.69, 9.17) is 28.3 Å². The van der Waals surface area contributed by atoms with Crippen molar-refractivity contribution in [3.63, 3.8) is 0 Å². The summed E-state index contributed by atoms with van der Waals surface area (Å²) >= 11 is 10.8. The van der Waals surface area contributed by atoms with Crippen LogP contribution in [-0.4, -0.2) is 16.0 Å². The van der Waals surface area contributed by atoms with E-state index in [0.717, 1.165) is 12.8 Å². The standard InChI is InChI=1S/C5H8Cl2O/c6-5(7)4(8)3-1-2-3/h3-5,8H,1-2H2. The van der Waals surface area contributed by atoms with Crippen molar-refractivity contribution in [3.8, 4) is 0 Å². The predicted molar refractivity (Wildman–Crippen MR) is 34.2 cm³/mol. The molecule has 1 nitrogen and oxygen atoms in total. The van der Waals surface area contributed by atoms with E-state index < -0.39 is 10.9 Å². The number of rotatable bonds is 2. The zero-order valence-electron chi connectivity index (χ0n) is 4.35. The molecule has 0 saturated heterocycles. The first kappa shape index (κ1) is 6.66. The van der Waals surface area contributed by atoms with Crippen LogP contribution in [0.5, 0.6) is 0 Å². The number of hydrogen-bond acceptors (Lipinski definition) is 1. The Kier molecular flexibility index (Phi) is 2.02. The topological polar surface area (TPSA) is 20.2 Å². The van der Waals surface area contributed by atoms with Gasteiger partial charge in [0.1, 0.15) is 4.84 Å². The lowest BCUT2D eigenvalue weighted by Crippen LogP contribution is -2.17. The van der Waals surface area contributed by atoms with Gasteiger partial charge in [-0.25, -0.2) is 0 Å². The summed E-state index contributed by atoms with van der Waals surface area (Å²) in [7, 11) is 0. The minimum Gasteiger partial charge on any atom is -0.390 e. The molecule has 1 fully saturated rings. The lowest BCUT2D eigenvalue weighted by molar-refractivity contribution is 0.165. The smallest absolute Gasteiger partial charge is 0.133 e. The van der Waals surface area contributed by atoms with Crippen LogP contribution in [0.1, 0.15) is 12.8 Å². The lowest BCUT2D eigenvalue weighted by Gasteiger charge is -2.07. The Labute approximate surface area is 58.6 Å². The Morgan fingerprint density at radius 1 is 1.38 bits per heavy atom. The molecule has 0 aromatic heterocycles. The summed E-state index contributed by atoms with van der Waals surface area (Å²) in [6.45, 7) is 0. The Morgan fingerprint density at radius 3 is 2.00 bits per heavy atom. The Bertz CT molecular complexity index is 78.5. The van der Waals surface area contributed by atoms with Crippen LogP contribution in [-0.2, 0) is 0 Å². The molecule has 0 heterocycles. The third-order valence-corrected chi connectivity index (χ3v) is 1.88. The van der Waals surface area contributed by atoms with E-state index in [-0.39, 0.29) is 0 Å². The van der Waals surface area contributed by atoms with Crippen molar-refractivity contribution in [2.75, 3.05) is 0 Å². The molecule has 48 valence electrons. The first-order valence-electron chi connectivity index (χ1n) is 2.68. The van der Waals surface area contributed by atoms with E-state index in [1.54, 1.807) is 0 Å². The van der Waals surface area contributed by atoms with E-state index in [2.05, 4.69) is 0 Å². The van der Waals surface area contributed by atoms with Gasteiger partial charge in [-0.15, -0.1) is 23.2 Å². The number of aliphatic hydroxyl groups is 1. The van der Waals surface area contributed by atoms with Crippen LogP contribution in [0.3, 0.4) is 0 Å². The van der Waals surface area contributed by atoms with E-state index in [1.807, 2.05) is 0 Å². The molecule has 1 atom stereocenters. The van der Waals surface area contributed by atoms with Gasteiger partial charge in [-0.1, -0.05) is 0 Å². The highest BCUT2D eigenvalue weighted by molar-refractivity contribution is 6.44. The van der Waals surface area contributed by atoms with Gasteiger partial charge in [0.15, 0.2) is 0 Å². The largest absolute Gasteiger partial charge is 0.390 e. The second-order valence-corrected chi connectivity index (χ2v) is 3.33. The summed E-state index contributed by atoms with van der Waals surface area (Å²) in [5, 5.41) is 9.00. The molecule has 0 aliphatic heterocycles. The second kappa shape index (κ2) is 2.42. The third-order valence-electron chi connectivity index (χ3n) is 1.36. The summed E-state index contributed by atoms with van der Waals surface area (Å²) in [5.74, 6) is 0.384. The molecule has 3 heteroatoms. The molecule has 0 amide bonds. The van der Waals surface area contributed by atoms with E-state index in [0.29, 0.717) is 5.92 Å². The van der Waals surface area contributed by atoms with Crippen LogP contribution in [0.15, 0.2) is 0 Å². The van der Waals surface area contributed by atoms with Crippen molar-refractivity contribution in [3.05, 3.63) is 0 Å². The van der Waals surface area contributed by atoms with Crippen molar-refractivity contribution >= 4 is 23.2 Å². The van der Waals surface area contributed by atoms with Gasteiger partial charge in [0.25, 0.3) is 0 Å². The number of alkyl halides is 2. The van der Waals surface area contributed by atoms with E-state index in [1.165, 1.54) is 0 Å². The number of hydrogen-bond donors (Lipinski definition) is 1. The average molecular weight is 155 g/mol. The first-order valence-corrected chi connectivity index (χ1v) is 3.55. The van der Waals surface area contributed by atoms with Crippen LogP contribution in [0.2, 0.25) is 0 Å². The zero-order valence-corrected chi connectivity index (χ0v) is 5.86. The van der Waals surface area contributed by atoms with Gasteiger partial charge in [-0.05, 0) is 18.8 Å². The van der Waals surface area contributed by atoms with Crippen LogP contribution >= 0.6 is 23.2 Å². The lowest BCUT2D eigenvalue weighted by atomic mass is 10.3. The molecule has 0 spiro atoms. The van der Waals surface area contributed by atoms with Crippen molar-refractivity contribution < 1.29 is 5.11 Å². The fourth-order valence-corrected chi connectivity index (χ4v) is 1.05. The average Bonchev–Trinajstić information content (AvgIpc) is 2.43. The van der Waals surface area contributed by atoms with Gasteiger partial charge in [-0.2, -0.15) is 0 Å². The quantitative estimate of drug-likeness (QED) is 0.600. The third kappa shape index (κ3) is 1.51. The molecule has 1 N–H and O–H groups in total. The molecule has 0 bridgehead atoms. The highest BCUT2D eigenvalue weighted by Gasteiger charge is 2.33. The molecular weight excluding hydrogens is 147 g/mol. The zero-order chi connectivity index (χ0) is 6.15. The molecule has 1 rings (SSSR count). The Morgan fingerprint density at radius 2 is 1.88 bits per heavy atom. The molecule has 8 heavy (non-hydrogen) atoms. The van der Waals surface area contributed by atoms with Crippen molar-refractivity contribution in [1.29, 1.82) is 0 Å². The maximum Gasteiger partial charge on any atom is 0.133 e. The van der Waals surface area contributed by atoms with E-state index >= 15 is 0 Å². The van der Waals surface area contributed by atoms with Crippen molar-refractivity contribution in [1.82, 2.24) is 0 Å². The van der Waals surface area contributed by atoms with Gasteiger partial charge in [-0.3, -0.25) is 0 Å². The highest BCUT2D eigenvalue weighted by Crippen LogP contribution is 2.35. The van der Waals surface area contributed by atoms with Crippen LogP contribution in [0, 0.1) is 5.92 Å². The molecule has 0 radical (unpaired) electrons.